The molecule has 37 heavy (non-hydrogen) atoms. The third-order valence-corrected chi connectivity index (χ3v) is 7.41. The number of alkyl halides is 3. The maximum atomic E-state index is 13.3. The first kappa shape index (κ1) is 26.4. The van der Waals surface area contributed by atoms with Crippen LogP contribution in [0.3, 0.4) is 0 Å². The van der Waals surface area contributed by atoms with Crippen LogP contribution in [-0.2, 0) is 16.2 Å². The van der Waals surface area contributed by atoms with Crippen molar-refractivity contribution in [3.05, 3.63) is 65.7 Å². The van der Waals surface area contributed by atoms with Crippen LogP contribution in [0.4, 0.5) is 24.8 Å². The zero-order valence-corrected chi connectivity index (χ0v) is 21.2. The van der Waals surface area contributed by atoms with Crippen molar-refractivity contribution >= 4 is 27.6 Å². The van der Waals surface area contributed by atoms with Gasteiger partial charge in [0.05, 0.1) is 16.8 Å². The van der Waals surface area contributed by atoms with Gasteiger partial charge in [0.25, 0.3) is 15.9 Å². The van der Waals surface area contributed by atoms with Gasteiger partial charge < -0.3 is 10.6 Å². The zero-order valence-electron chi connectivity index (χ0n) is 20.4. The monoisotopic (exact) mass is 533 g/mol. The summed E-state index contributed by atoms with van der Waals surface area (Å²) in [5, 5.41) is -0.425. The van der Waals surface area contributed by atoms with Crippen LogP contribution in [0.5, 0.6) is 0 Å². The number of hydrogen-bond donors (Lipinski definition) is 2. The molecule has 3 aromatic rings. The van der Waals surface area contributed by atoms with E-state index in [1.165, 1.54) is 42.5 Å². The lowest BCUT2D eigenvalue weighted by Crippen LogP contribution is -2.41. The number of sulfonamides is 1. The van der Waals surface area contributed by atoms with Crippen molar-refractivity contribution in [3.63, 3.8) is 0 Å². The minimum Gasteiger partial charge on any atom is -0.384 e. The summed E-state index contributed by atoms with van der Waals surface area (Å²) in [6, 6.07) is 11.5. The number of aromatic nitrogens is 2. The van der Waals surface area contributed by atoms with E-state index in [0.717, 1.165) is 18.6 Å². The van der Waals surface area contributed by atoms with Crippen molar-refractivity contribution < 1.29 is 26.4 Å². The summed E-state index contributed by atoms with van der Waals surface area (Å²) < 4.78 is 67.5. The molecule has 1 aliphatic rings. The fourth-order valence-electron chi connectivity index (χ4n) is 4.62. The zero-order chi connectivity index (χ0) is 27.2. The lowest BCUT2D eigenvalue weighted by atomic mass is 9.97. The van der Waals surface area contributed by atoms with E-state index in [1.807, 2.05) is 30.4 Å². The van der Waals surface area contributed by atoms with Crippen molar-refractivity contribution in [2.75, 3.05) is 17.2 Å². The smallest absolute Gasteiger partial charge is 0.384 e. The Morgan fingerprint density at radius 1 is 1.11 bits per heavy atom. The van der Waals surface area contributed by atoms with Gasteiger partial charge in [-0.2, -0.15) is 21.6 Å². The molecule has 0 bridgehead atoms. The number of hydrogen-bond acceptors (Lipinski definition) is 7. The molecule has 0 radical (unpaired) electrons. The molecule has 3 heterocycles. The Labute approximate surface area is 212 Å². The number of carbonyl (C=O) groups excluding carboxylic acids is 1. The SMILES string of the molecule is C[C@@H]1CN(c2nc(-c3cccc(C(F)(F)F)c3)ccc2C(=O)NS(=O)(=O)c2cccc(N)n2)C(C)(C)C1. The molecule has 0 aliphatic carbocycles. The minimum absolute atomic E-state index is 0.0316. The number of nitrogens with one attached hydrogen (secondary N) is 1. The molecule has 1 aliphatic heterocycles. The highest BCUT2D eigenvalue weighted by Gasteiger charge is 2.39. The first-order valence-corrected chi connectivity index (χ1v) is 12.9. The number of nitrogens with zero attached hydrogens (tertiary/aromatic N) is 3. The van der Waals surface area contributed by atoms with Crippen LogP contribution in [0, 0.1) is 5.92 Å². The molecule has 1 aromatic carbocycles. The highest BCUT2D eigenvalue weighted by atomic mass is 32.2. The second-order valence-electron chi connectivity index (χ2n) is 9.71. The van der Waals surface area contributed by atoms with Crippen LogP contribution in [-0.4, -0.2) is 36.4 Å². The fourth-order valence-corrected chi connectivity index (χ4v) is 5.56. The Bertz CT molecular complexity index is 1460. The van der Waals surface area contributed by atoms with E-state index in [-0.39, 0.29) is 34.4 Å². The van der Waals surface area contributed by atoms with Crippen molar-refractivity contribution in [2.24, 2.45) is 5.92 Å². The molecular weight excluding hydrogens is 507 g/mol. The number of nitrogens with two attached hydrogens (primary N) is 1. The van der Waals surface area contributed by atoms with Gasteiger partial charge in [0.15, 0.2) is 5.03 Å². The lowest BCUT2D eigenvalue weighted by molar-refractivity contribution is -0.137. The van der Waals surface area contributed by atoms with Crippen LogP contribution in [0.1, 0.15) is 43.1 Å². The summed E-state index contributed by atoms with van der Waals surface area (Å²) in [5.74, 6) is -0.559. The van der Waals surface area contributed by atoms with Gasteiger partial charge in [-0.05, 0) is 62.6 Å². The minimum atomic E-state index is -4.53. The van der Waals surface area contributed by atoms with Gasteiger partial charge in [-0.25, -0.2) is 14.7 Å². The second-order valence-corrected chi connectivity index (χ2v) is 11.3. The van der Waals surface area contributed by atoms with Gasteiger partial charge in [0.1, 0.15) is 11.6 Å². The molecule has 1 amide bonds. The Morgan fingerprint density at radius 2 is 1.81 bits per heavy atom. The molecule has 3 N–H and O–H groups in total. The number of anilines is 2. The van der Waals surface area contributed by atoms with Crippen LogP contribution < -0.4 is 15.4 Å². The maximum absolute atomic E-state index is 13.3. The normalized spacial score (nSPS) is 17.6. The third kappa shape index (κ3) is 5.53. The predicted octanol–water partition coefficient (Wildman–Crippen LogP) is 4.49. The number of halogens is 3. The van der Waals surface area contributed by atoms with Gasteiger partial charge in [-0.15, -0.1) is 0 Å². The third-order valence-electron chi connectivity index (χ3n) is 6.18. The van der Waals surface area contributed by atoms with Crippen LogP contribution in [0.25, 0.3) is 11.3 Å². The molecule has 0 spiro atoms. The Morgan fingerprint density at radius 3 is 2.43 bits per heavy atom. The number of amides is 1. The highest BCUT2D eigenvalue weighted by molar-refractivity contribution is 7.90. The summed E-state index contributed by atoms with van der Waals surface area (Å²) >= 11 is 0. The van der Waals surface area contributed by atoms with Crippen molar-refractivity contribution in [2.45, 2.75) is 43.9 Å². The topological polar surface area (TPSA) is 118 Å². The van der Waals surface area contributed by atoms with Crippen molar-refractivity contribution in [3.8, 4) is 11.3 Å². The van der Waals surface area contributed by atoms with Crippen LogP contribution >= 0.6 is 0 Å². The first-order valence-electron chi connectivity index (χ1n) is 11.4. The van der Waals surface area contributed by atoms with Gasteiger partial charge in [0, 0.05) is 17.6 Å². The van der Waals surface area contributed by atoms with E-state index in [0.29, 0.717) is 6.54 Å². The van der Waals surface area contributed by atoms with Gasteiger partial charge in [-0.1, -0.05) is 25.1 Å². The molecular formula is C25H26F3N5O3S. The van der Waals surface area contributed by atoms with Gasteiger partial charge >= 0.3 is 6.18 Å². The summed E-state index contributed by atoms with van der Waals surface area (Å²) in [7, 11) is -4.36. The lowest BCUT2D eigenvalue weighted by Gasteiger charge is -2.34. The number of carbonyl (C=O) groups is 1. The highest BCUT2D eigenvalue weighted by Crippen LogP contribution is 2.39. The first-order chi connectivity index (χ1) is 17.2. The molecule has 1 atom stereocenters. The van der Waals surface area contributed by atoms with Crippen molar-refractivity contribution in [1.29, 1.82) is 0 Å². The van der Waals surface area contributed by atoms with E-state index in [4.69, 9.17) is 5.73 Å². The molecule has 1 saturated heterocycles. The number of rotatable bonds is 5. The Hall–Kier alpha value is -3.67. The second kappa shape index (κ2) is 9.33. The quantitative estimate of drug-likeness (QED) is 0.496. The molecule has 12 heteroatoms. The molecule has 4 rings (SSSR count). The Kier molecular flexibility index (Phi) is 6.65. The van der Waals surface area contributed by atoms with E-state index >= 15 is 0 Å². The van der Waals surface area contributed by atoms with E-state index in [1.54, 1.807) is 0 Å². The van der Waals surface area contributed by atoms with E-state index < -0.39 is 38.2 Å². The summed E-state index contributed by atoms with van der Waals surface area (Å²) in [5.41, 5.74) is 4.70. The number of benzene rings is 1. The largest absolute Gasteiger partial charge is 0.416 e. The van der Waals surface area contributed by atoms with Gasteiger partial charge in [-0.3, -0.25) is 4.79 Å². The molecule has 8 nitrogen and oxygen atoms in total. The van der Waals surface area contributed by atoms with Gasteiger partial charge in [0.2, 0.25) is 0 Å². The standard InChI is InChI=1S/C25H26F3N5O3S/c1-15-13-24(2,3)33(14-15)22-18(23(34)32-37(35,36)21-9-5-8-20(29)31-21)10-11-19(30-22)16-6-4-7-17(12-16)25(26,27)28/h4-12,15H,13-14H2,1-3H3,(H2,29,31)(H,32,34)/t15-/m0/s1. The maximum Gasteiger partial charge on any atom is 0.416 e. The van der Waals surface area contributed by atoms with E-state index in [2.05, 4.69) is 9.97 Å². The van der Waals surface area contributed by atoms with Crippen LogP contribution in [0.2, 0.25) is 0 Å². The van der Waals surface area contributed by atoms with E-state index in [9.17, 15) is 26.4 Å². The average Bonchev–Trinajstić information content (AvgIpc) is 3.09. The predicted molar refractivity (Wildman–Crippen MR) is 133 cm³/mol. The molecule has 1 fully saturated rings. The Balaban J connectivity index is 1.79. The molecule has 0 unspecified atom stereocenters. The molecule has 2 aromatic heterocycles. The van der Waals surface area contributed by atoms with Crippen molar-refractivity contribution in [1.82, 2.24) is 14.7 Å². The summed E-state index contributed by atoms with van der Waals surface area (Å²) in [6.45, 7) is 6.48. The molecule has 0 saturated carbocycles. The van der Waals surface area contributed by atoms with Crippen LogP contribution in [0.15, 0.2) is 59.6 Å². The number of pyridine rings is 2. The molecule has 196 valence electrons. The average molecular weight is 534 g/mol. The summed E-state index contributed by atoms with van der Waals surface area (Å²) in [4.78, 5) is 23.5. The number of nitrogen functional groups attached to an aromatic ring is 1. The summed E-state index contributed by atoms with van der Waals surface area (Å²) in [6.07, 6.45) is -3.76. The fraction of sp³-hybridized carbons (Fsp3) is 0.320.